The molecule has 1 aliphatic rings. The quantitative estimate of drug-likeness (QED) is 0.312. The molecule has 0 saturated carbocycles. The van der Waals surface area contributed by atoms with Gasteiger partial charge in [-0.05, 0) is 0 Å². The van der Waals surface area contributed by atoms with E-state index in [1.54, 1.807) is 0 Å². The molecular formula is C60. The first-order valence-electron chi connectivity index (χ1n) is 15.0. The largest absolute Gasteiger partial charge is 0 e. The predicted molar refractivity (Wildman–Crippen MR) is 233 cm³/mol. The summed E-state index contributed by atoms with van der Waals surface area (Å²) in [6, 6.07) is 0. The zero-order chi connectivity index (χ0) is 42.4. The van der Waals surface area contributed by atoms with Gasteiger partial charge in [-0.15, -0.1) is 0 Å². The van der Waals surface area contributed by atoms with Crippen molar-refractivity contribution in [3.63, 3.8) is 0 Å². The molecule has 0 bridgehead atoms. The molecule has 60 heavy (non-hydrogen) atoms. The van der Waals surface area contributed by atoms with Crippen LogP contribution in [0.25, 0.3) is 0 Å². The second-order valence-corrected chi connectivity index (χ2v) is 7.50. The van der Waals surface area contributed by atoms with Gasteiger partial charge in [0.05, 0.1) is 0 Å². The van der Waals surface area contributed by atoms with Crippen molar-refractivity contribution < 1.29 is 0 Å². The minimum atomic E-state index is 2.50. The van der Waals surface area contributed by atoms with Crippen LogP contribution in [0.3, 0.4) is 0 Å². The lowest BCUT2D eigenvalue weighted by Crippen LogP contribution is -1.57. The summed E-state index contributed by atoms with van der Waals surface area (Å²) >= 11 is 0. The Bertz CT molecular complexity index is 2430. The SMILES string of the molecule is C1#CC#CC#CC#CC#CC#CC#CC#CC#CC#CC#CC#CC#CC#CC#CC#CC#CC#CC#CC#CC#CC#CC#CC#CC#CC#CC#CC#CC#CC#C1. The van der Waals surface area contributed by atoms with Gasteiger partial charge in [0.2, 0.25) is 0 Å². The summed E-state index contributed by atoms with van der Waals surface area (Å²) in [7, 11) is 0. The standard InChI is InChI=1S/C60/c1-2-4-6-8-10-12-14-16-18-20-22-24-26-28-30-32-34-36-38-40-42-44-46-48-50-52-54-56-58-60-59-57-55-53-51-49-47-45-43-41-39-37-35-33-31-29-27-25-23-21-19-17-15-13-11-9-7-5-3-1. The van der Waals surface area contributed by atoms with Gasteiger partial charge >= 0.3 is 0 Å². The van der Waals surface area contributed by atoms with E-state index in [-0.39, 0.29) is 0 Å². The van der Waals surface area contributed by atoms with E-state index in [2.05, 4.69) is 355 Å². The van der Waals surface area contributed by atoms with Crippen molar-refractivity contribution >= 4 is 0 Å². The number of hydrogen-bond acceptors (Lipinski definition) is 0. The van der Waals surface area contributed by atoms with Crippen molar-refractivity contribution in [2.75, 3.05) is 0 Å². The summed E-state index contributed by atoms with van der Waals surface area (Å²) in [5.74, 6) is 150. The molecule has 0 heterocycles. The Morgan fingerprint density at radius 1 is 0.0333 bits per heavy atom. The first-order valence-corrected chi connectivity index (χ1v) is 15.0. The Kier molecular flexibility index (Phi) is 31.4. The van der Waals surface area contributed by atoms with Crippen molar-refractivity contribution in [2.24, 2.45) is 0 Å². The number of rotatable bonds is 0. The van der Waals surface area contributed by atoms with Crippen molar-refractivity contribution in [1.29, 1.82) is 0 Å². The van der Waals surface area contributed by atoms with E-state index in [0.29, 0.717) is 0 Å². The highest BCUT2D eigenvalue weighted by molar-refractivity contribution is 5.52. The lowest BCUT2D eigenvalue weighted by Gasteiger charge is -1.58. The van der Waals surface area contributed by atoms with Crippen LogP contribution in [0.5, 0.6) is 0 Å². The van der Waals surface area contributed by atoms with Gasteiger partial charge in [-0.1, -0.05) is 0 Å². The molecule has 0 atom stereocenters. The second kappa shape index (κ2) is 42.0. The molecule has 0 aromatic carbocycles. The lowest BCUT2D eigenvalue weighted by atomic mass is 10.4. The molecule has 0 nitrogen and oxygen atoms in total. The minimum Gasteiger partial charge on any atom is 0 e. The summed E-state index contributed by atoms with van der Waals surface area (Å²) in [5.41, 5.74) is 0. The first kappa shape index (κ1) is 44.8. The molecule has 0 aliphatic heterocycles. The zero-order valence-electron chi connectivity index (χ0n) is 30.0. The Labute approximate surface area is 353 Å². The fourth-order valence-electron chi connectivity index (χ4n) is 1.88. The molecule has 0 unspecified atom stereocenters. The van der Waals surface area contributed by atoms with Gasteiger partial charge in [0, 0.05) is 355 Å². The topological polar surface area (TPSA) is 0 Å². The Balaban J connectivity index is 3.00. The van der Waals surface area contributed by atoms with Crippen LogP contribution in [0.2, 0.25) is 0 Å². The molecular weight excluding hydrogens is 721 g/mol. The van der Waals surface area contributed by atoms with Crippen molar-refractivity contribution in [3.8, 4) is 355 Å². The van der Waals surface area contributed by atoms with Gasteiger partial charge in [0.15, 0.2) is 0 Å². The third-order valence-electron chi connectivity index (χ3n) is 3.75. The maximum Gasteiger partial charge on any atom is 0 e. The van der Waals surface area contributed by atoms with Crippen LogP contribution < -0.4 is 0 Å². The third-order valence-corrected chi connectivity index (χ3v) is 3.75. The molecule has 0 N–H and O–H groups in total. The highest BCUT2D eigenvalue weighted by atomic mass is 13.6. The molecule has 1 rings (SSSR count). The van der Waals surface area contributed by atoms with Gasteiger partial charge in [-0.2, -0.15) is 0 Å². The highest BCUT2D eigenvalue weighted by Gasteiger charge is 1.63. The number of hydrogen-bond donors (Lipinski definition) is 0. The molecule has 240 valence electrons. The summed E-state index contributed by atoms with van der Waals surface area (Å²) in [5, 5.41) is 0. The van der Waals surface area contributed by atoms with E-state index in [0.717, 1.165) is 0 Å². The fraction of sp³-hybridized carbons (Fsp3) is 0. The minimum absolute atomic E-state index is 2.50. The Morgan fingerprint density at radius 2 is 0.0500 bits per heavy atom. The van der Waals surface area contributed by atoms with Gasteiger partial charge in [-0.25, -0.2) is 0 Å². The van der Waals surface area contributed by atoms with E-state index in [9.17, 15) is 0 Å². The van der Waals surface area contributed by atoms with Crippen LogP contribution in [-0.2, 0) is 0 Å². The molecule has 0 amide bonds. The Morgan fingerprint density at radius 3 is 0.0667 bits per heavy atom. The molecule has 0 spiro atoms. The molecule has 0 aromatic rings. The monoisotopic (exact) mass is 720 g/mol. The normalized spacial score (nSPS) is 8.00. The maximum atomic E-state index is 2.50. The van der Waals surface area contributed by atoms with E-state index in [1.807, 2.05) is 0 Å². The van der Waals surface area contributed by atoms with Crippen LogP contribution in [0.4, 0.5) is 0 Å². The Hall–Kier alpha value is -13.2. The van der Waals surface area contributed by atoms with Crippen LogP contribution in [0.1, 0.15) is 0 Å². The second-order valence-electron chi connectivity index (χ2n) is 7.50. The maximum absolute atomic E-state index is 2.50. The van der Waals surface area contributed by atoms with Crippen LogP contribution in [0, 0.1) is 355 Å². The summed E-state index contributed by atoms with van der Waals surface area (Å²) < 4.78 is 0. The lowest BCUT2D eigenvalue weighted by molar-refractivity contribution is 2.31. The van der Waals surface area contributed by atoms with Crippen LogP contribution in [0.15, 0.2) is 0 Å². The van der Waals surface area contributed by atoms with Gasteiger partial charge in [0.25, 0.3) is 0 Å². The fourth-order valence-corrected chi connectivity index (χ4v) is 1.88. The third kappa shape index (κ3) is 39.2. The highest BCUT2D eigenvalue weighted by Crippen LogP contribution is 1.64. The average molecular weight is 721 g/mol. The molecule has 0 saturated heterocycles. The van der Waals surface area contributed by atoms with Gasteiger partial charge < -0.3 is 0 Å². The molecule has 0 radical (unpaired) electrons. The molecule has 0 fully saturated rings. The van der Waals surface area contributed by atoms with Gasteiger partial charge in [-0.3, -0.25) is 0 Å². The van der Waals surface area contributed by atoms with Crippen molar-refractivity contribution in [2.45, 2.75) is 0 Å². The first-order chi connectivity index (χ1) is 30.0. The zero-order valence-corrected chi connectivity index (χ0v) is 30.0. The van der Waals surface area contributed by atoms with Crippen LogP contribution in [-0.4, -0.2) is 0 Å². The van der Waals surface area contributed by atoms with Gasteiger partial charge in [0.1, 0.15) is 0 Å². The predicted octanol–water partition coefficient (Wildman–Crippen LogP) is 0.102. The smallest absolute Gasteiger partial charge is 0 e. The summed E-state index contributed by atoms with van der Waals surface area (Å²) in [6.07, 6.45) is 0. The van der Waals surface area contributed by atoms with Crippen LogP contribution >= 0.6 is 0 Å². The molecule has 1 aliphatic carbocycles. The summed E-state index contributed by atoms with van der Waals surface area (Å²) in [4.78, 5) is 0. The van der Waals surface area contributed by atoms with E-state index in [1.165, 1.54) is 0 Å². The van der Waals surface area contributed by atoms with Crippen molar-refractivity contribution in [1.82, 2.24) is 0 Å². The average Bonchev–Trinajstić information content (AvgIpc) is 3.26. The van der Waals surface area contributed by atoms with E-state index < -0.39 is 0 Å². The van der Waals surface area contributed by atoms with Crippen molar-refractivity contribution in [3.05, 3.63) is 0 Å². The van der Waals surface area contributed by atoms with E-state index in [4.69, 9.17) is 0 Å². The summed E-state index contributed by atoms with van der Waals surface area (Å²) in [6.45, 7) is 0. The molecule has 0 aromatic heterocycles. The molecule has 0 heteroatoms. The van der Waals surface area contributed by atoms with E-state index >= 15 is 0 Å².